The van der Waals surface area contributed by atoms with Crippen LogP contribution in [0.4, 0.5) is 0 Å². The van der Waals surface area contributed by atoms with Gasteiger partial charge in [-0.25, -0.2) is 0 Å². The highest BCUT2D eigenvalue weighted by molar-refractivity contribution is 5.85. The summed E-state index contributed by atoms with van der Waals surface area (Å²) in [5.74, 6) is 0. The second-order valence-electron chi connectivity index (χ2n) is 1.81. The van der Waals surface area contributed by atoms with Crippen LogP contribution in [0.1, 0.15) is 12.8 Å². The molecule has 0 aliphatic rings. The molecular formula is C5H14ClNO2. The van der Waals surface area contributed by atoms with E-state index in [4.69, 9.17) is 15.9 Å². The first-order valence-electron chi connectivity index (χ1n) is 2.78. The lowest BCUT2D eigenvalue weighted by molar-refractivity contribution is 0.238. The van der Waals surface area contributed by atoms with Crippen molar-refractivity contribution in [1.29, 1.82) is 0 Å². The minimum atomic E-state index is -0.151. The molecule has 3 nitrogen and oxygen atoms in total. The van der Waals surface area contributed by atoms with Crippen molar-refractivity contribution in [2.75, 3.05) is 13.2 Å². The SMILES string of the molecule is Cl.NC(CO)CCCO. The van der Waals surface area contributed by atoms with Gasteiger partial charge in [0.25, 0.3) is 0 Å². The van der Waals surface area contributed by atoms with Crippen molar-refractivity contribution in [3.8, 4) is 0 Å². The molecule has 58 valence electrons. The summed E-state index contributed by atoms with van der Waals surface area (Å²) in [6.45, 7) is 0.174. The van der Waals surface area contributed by atoms with Crippen LogP contribution in [0.25, 0.3) is 0 Å². The predicted octanol–water partition coefficient (Wildman–Crippen LogP) is -0.500. The minimum Gasteiger partial charge on any atom is -0.396 e. The van der Waals surface area contributed by atoms with Gasteiger partial charge in [-0.3, -0.25) is 0 Å². The first-order chi connectivity index (χ1) is 3.81. The summed E-state index contributed by atoms with van der Waals surface area (Å²) >= 11 is 0. The molecule has 0 aromatic rings. The fourth-order valence-corrected chi connectivity index (χ4v) is 0.445. The molecule has 0 aromatic heterocycles. The van der Waals surface area contributed by atoms with Crippen LogP contribution in [-0.2, 0) is 0 Å². The third kappa shape index (κ3) is 8.17. The fraction of sp³-hybridized carbons (Fsp3) is 1.00. The average molecular weight is 156 g/mol. The predicted molar refractivity (Wildman–Crippen MR) is 38.6 cm³/mol. The van der Waals surface area contributed by atoms with Crippen LogP contribution in [0.15, 0.2) is 0 Å². The molecule has 0 saturated heterocycles. The van der Waals surface area contributed by atoms with Gasteiger partial charge in [0.1, 0.15) is 0 Å². The van der Waals surface area contributed by atoms with E-state index in [9.17, 15) is 0 Å². The molecule has 1 unspecified atom stereocenters. The Kier molecular flexibility index (Phi) is 10.8. The normalized spacial score (nSPS) is 12.3. The number of hydrogen-bond donors (Lipinski definition) is 3. The molecule has 0 aromatic carbocycles. The third-order valence-electron chi connectivity index (χ3n) is 0.968. The lowest BCUT2D eigenvalue weighted by Gasteiger charge is -2.03. The lowest BCUT2D eigenvalue weighted by atomic mass is 10.2. The topological polar surface area (TPSA) is 66.5 Å². The van der Waals surface area contributed by atoms with Gasteiger partial charge in [0.15, 0.2) is 0 Å². The number of nitrogens with two attached hydrogens (primary N) is 1. The van der Waals surface area contributed by atoms with Crippen LogP contribution >= 0.6 is 12.4 Å². The molecule has 9 heavy (non-hydrogen) atoms. The molecule has 0 saturated carbocycles. The van der Waals surface area contributed by atoms with Gasteiger partial charge in [-0.05, 0) is 12.8 Å². The Morgan fingerprint density at radius 3 is 2.22 bits per heavy atom. The van der Waals surface area contributed by atoms with Crippen molar-refractivity contribution in [3.63, 3.8) is 0 Å². The molecule has 0 heterocycles. The summed E-state index contributed by atoms with van der Waals surface area (Å²) in [6.07, 6.45) is 1.38. The summed E-state index contributed by atoms with van der Waals surface area (Å²) in [7, 11) is 0. The summed E-state index contributed by atoms with van der Waals surface area (Å²) in [5.41, 5.74) is 5.30. The van der Waals surface area contributed by atoms with Crippen LogP contribution in [-0.4, -0.2) is 29.5 Å². The molecule has 4 N–H and O–H groups in total. The van der Waals surface area contributed by atoms with Gasteiger partial charge >= 0.3 is 0 Å². The van der Waals surface area contributed by atoms with Crippen molar-refractivity contribution in [1.82, 2.24) is 0 Å². The molecule has 0 aliphatic carbocycles. The fourth-order valence-electron chi connectivity index (χ4n) is 0.445. The van der Waals surface area contributed by atoms with Crippen LogP contribution in [0.3, 0.4) is 0 Å². The first-order valence-corrected chi connectivity index (χ1v) is 2.78. The van der Waals surface area contributed by atoms with E-state index in [1.165, 1.54) is 0 Å². The van der Waals surface area contributed by atoms with Gasteiger partial charge in [-0.2, -0.15) is 0 Å². The van der Waals surface area contributed by atoms with Gasteiger partial charge < -0.3 is 15.9 Å². The molecule has 0 rings (SSSR count). The van der Waals surface area contributed by atoms with Crippen LogP contribution < -0.4 is 5.73 Å². The second kappa shape index (κ2) is 8.17. The van der Waals surface area contributed by atoms with E-state index in [-0.39, 0.29) is 31.7 Å². The van der Waals surface area contributed by atoms with Crippen LogP contribution in [0.2, 0.25) is 0 Å². The van der Waals surface area contributed by atoms with Gasteiger partial charge in [-0.1, -0.05) is 0 Å². The van der Waals surface area contributed by atoms with E-state index < -0.39 is 0 Å². The van der Waals surface area contributed by atoms with E-state index >= 15 is 0 Å². The van der Waals surface area contributed by atoms with Crippen molar-refractivity contribution < 1.29 is 10.2 Å². The van der Waals surface area contributed by atoms with E-state index in [1.807, 2.05) is 0 Å². The van der Waals surface area contributed by atoms with Crippen molar-refractivity contribution >= 4 is 12.4 Å². The Labute approximate surface area is 61.3 Å². The Morgan fingerprint density at radius 2 is 1.89 bits per heavy atom. The third-order valence-corrected chi connectivity index (χ3v) is 0.968. The Balaban J connectivity index is 0. The van der Waals surface area contributed by atoms with Gasteiger partial charge in [-0.15, -0.1) is 12.4 Å². The summed E-state index contributed by atoms with van der Waals surface area (Å²) in [4.78, 5) is 0. The van der Waals surface area contributed by atoms with Crippen molar-refractivity contribution in [2.45, 2.75) is 18.9 Å². The first kappa shape index (κ1) is 11.9. The quantitative estimate of drug-likeness (QED) is 0.513. The van der Waals surface area contributed by atoms with E-state index in [0.717, 1.165) is 0 Å². The molecule has 0 amide bonds. The maximum atomic E-state index is 8.35. The van der Waals surface area contributed by atoms with E-state index in [0.29, 0.717) is 12.8 Å². The molecule has 0 aliphatic heterocycles. The Hall–Kier alpha value is 0.170. The molecule has 0 bridgehead atoms. The highest BCUT2D eigenvalue weighted by atomic mass is 35.5. The van der Waals surface area contributed by atoms with Gasteiger partial charge in [0.05, 0.1) is 6.61 Å². The summed E-state index contributed by atoms with van der Waals surface area (Å²) in [5, 5.41) is 16.6. The molecule has 4 heteroatoms. The molecule has 0 fully saturated rings. The van der Waals surface area contributed by atoms with Gasteiger partial charge in [0.2, 0.25) is 0 Å². The summed E-state index contributed by atoms with van der Waals surface area (Å²) < 4.78 is 0. The second-order valence-corrected chi connectivity index (χ2v) is 1.81. The zero-order valence-electron chi connectivity index (χ0n) is 5.29. The van der Waals surface area contributed by atoms with Crippen molar-refractivity contribution in [3.05, 3.63) is 0 Å². The standard InChI is InChI=1S/C5H13NO2.ClH/c6-5(4-8)2-1-3-7;/h5,7-8H,1-4,6H2;1H. The summed E-state index contributed by atoms with van der Waals surface area (Å²) in [6, 6.07) is -0.151. The van der Waals surface area contributed by atoms with Gasteiger partial charge in [0, 0.05) is 12.6 Å². The maximum absolute atomic E-state index is 8.35. The average Bonchev–Trinajstić information content (AvgIpc) is 1.83. The Morgan fingerprint density at radius 1 is 1.33 bits per heavy atom. The zero-order chi connectivity index (χ0) is 6.41. The number of halogens is 1. The maximum Gasteiger partial charge on any atom is 0.0582 e. The monoisotopic (exact) mass is 155 g/mol. The molecule has 0 radical (unpaired) electrons. The number of hydrogen-bond acceptors (Lipinski definition) is 3. The Bertz CT molecular complexity index is 54.2. The van der Waals surface area contributed by atoms with Crippen molar-refractivity contribution in [2.24, 2.45) is 5.73 Å². The van der Waals surface area contributed by atoms with Crippen LogP contribution in [0, 0.1) is 0 Å². The largest absolute Gasteiger partial charge is 0.396 e. The molecule has 1 atom stereocenters. The number of rotatable bonds is 4. The number of aliphatic hydroxyl groups excluding tert-OH is 2. The van der Waals surface area contributed by atoms with Crippen LogP contribution in [0.5, 0.6) is 0 Å². The lowest BCUT2D eigenvalue weighted by Crippen LogP contribution is -2.24. The minimum absolute atomic E-state index is 0. The van der Waals surface area contributed by atoms with E-state index in [2.05, 4.69) is 0 Å². The smallest absolute Gasteiger partial charge is 0.0582 e. The highest BCUT2D eigenvalue weighted by Gasteiger charge is 1.96. The zero-order valence-corrected chi connectivity index (χ0v) is 6.10. The highest BCUT2D eigenvalue weighted by Crippen LogP contribution is 1.90. The molecule has 0 spiro atoms. The van der Waals surface area contributed by atoms with E-state index in [1.54, 1.807) is 0 Å². The number of aliphatic hydroxyl groups is 2. The molecular weight excluding hydrogens is 142 g/mol.